The highest BCUT2D eigenvalue weighted by molar-refractivity contribution is 9.10. The molecule has 2 aromatic carbocycles. The van der Waals surface area contributed by atoms with E-state index in [9.17, 15) is 0 Å². The Morgan fingerprint density at radius 3 is 2.52 bits per heavy atom. The Labute approximate surface area is 135 Å². The van der Waals surface area contributed by atoms with Crippen LogP contribution in [0.1, 0.15) is 30.5 Å². The smallest absolute Gasteiger partial charge is 0.133 e. The maximum Gasteiger partial charge on any atom is 0.133 e. The van der Waals surface area contributed by atoms with Gasteiger partial charge in [-0.2, -0.15) is 0 Å². The quantitative estimate of drug-likeness (QED) is 0.780. The molecule has 0 heterocycles. The number of aryl methyl sites for hydroxylation is 1. The molecule has 0 saturated heterocycles. The molecule has 112 valence electrons. The van der Waals surface area contributed by atoms with Crippen LogP contribution in [0.5, 0.6) is 5.75 Å². The third-order valence-electron chi connectivity index (χ3n) is 3.59. The lowest BCUT2D eigenvalue weighted by Gasteiger charge is -2.19. The summed E-state index contributed by atoms with van der Waals surface area (Å²) in [4.78, 5) is 0. The molecule has 0 spiro atoms. The van der Waals surface area contributed by atoms with Gasteiger partial charge in [0.1, 0.15) is 5.75 Å². The van der Waals surface area contributed by atoms with E-state index in [1.165, 1.54) is 11.1 Å². The van der Waals surface area contributed by atoms with Crippen LogP contribution in [0.3, 0.4) is 0 Å². The minimum absolute atomic E-state index is 0.359. The number of halogens is 1. The second-order valence-electron chi connectivity index (χ2n) is 5.03. The Balaban J connectivity index is 2.09. The maximum absolute atomic E-state index is 5.30. The van der Waals surface area contributed by atoms with Gasteiger partial charge in [-0.25, -0.2) is 0 Å². The van der Waals surface area contributed by atoms with E-state index in [-0.39, 0.29) is 0 Å². The Morgan fingerprint density at radius 1 is 1.14 bits per heavy atom. The van der Waals surface area contributed by atoms with Gasteiger partial charge in [-0.3, -0.25) is 0 Å². The zero-order valence-electron chi connectivity index (χ0n) is 12.6. The van der Waals surface area contributed by atoms with Crippen molar-refractivity contribution in [2.75, 3.05) is 13.7 Å². The number of rotatable bonds is 7. The van der Waals surface area contributed by atoms with Crippen LogP contribution in [-0.2, 0) is 6.42 Å². The Hall–Kier alpha value is -1.32. The van der Waals surface area contributed by atoms with E-state index in [1.54, 1.807) is 7.11 Å². The van der Waals surface area contributed by atoms with Gasteiger partial charge in [-0.1, -0.05) is 43.3 Å². The van der Waals surface area contributed by atoms with Crippen molar-refractivity contribution < 1.29 is 4.74 Å². The van der Waals surface area contributed by atoms with Crippen LogP contribution in [0.25, 0.3) is 0 Å². The van der Waals surface area contributed by atoms with E-state index in [0.29, 0.717) is 6.04 Å². The van der Waals surface area contributed by atoms with Crippen molar-refractivity contribution >= 4 is 15.9 Å². The Morgan fingerprint density at radius 2 is 1.90 bits per heavy atom. The minimum Gasteiger partial charge on any atom is -0.496 e. The van der Waals surface area contributed by atoms with Crippen LogP contribution < -0.4 is 10.1 Å². The summed E-state index contributed by atoms with van der Waals surface area (Å²) in [7, 11) is 1.69. The minimum atomic E-state index is 0.359. The normalized spacial score (nSPS) is 12.1. The van der Waals surface area contributed by atoms with E-state index in [1.807, 2.05) is 6.07 Å². The first-order valence-corrected chi connectivity index (χ1v) is 8.14. The van der Waals surface area contributed by atoms with Crippen molar-refractivity contribution in [1.82, 2.24) is 5.32 Å². The predicted molar refractivity (Wildman–Crippen MR) is 91.9 cm³/mol. The molecule has 2 rings (SSSR count). The van der Waals surface area contributed by atoms with Gasteiger partial charge in [-0.05, 0) is 58.6 Å². The van der Waals surface area contributed by atoms with Crippen LogP contribution in [0.2, 0.25) is 0 Å². The van der Waals surface area contributed by atoms with Crippen LogP contribution in [0.15, 0.2) is 53.0 Å². The number of benzene rings is 2. The number of ether oxygens (including phenoxy) is 1. The highest BCUT2D eigenvalue weighted by Crippen LogP contribution is 2.29. The molecule has 0 aliphatic rings. The van der Waals surface area contributed by atoms with Gasteiger partial charge in [0.15, 0.2) is 0 Å². The van der Waals surface area contributed by atoms with Gasteiger partial charge in [0.05, 0.1) is 11.6 Å². The molecule has 2 nitrogen and oxygen atoms in total. The van der Waals surface area contributed by atoms with Crippen molar-refractivity contribution in [2.24, 2.45) is 0 Å². The van der Waals surface area contributed by atoms with Crippen molar-refractivity contribution in [3.05, 3.63) is 64.1 Å². The van der Waals surface area contributed by atoms with Crippen molar-refractivity contribution in [2.45, 2.75) is 25.8 Å². The monoisotopic (exact) mass is 347 g/mol. The molecule has 0 bridgehead atoms. The molecule has 21 heavy (non-hydrogen) atoms. The molecular formula is C18H22BrNO. The second-order valence-corrected chi connectivity index (χ2v) is 5.88. The average molecular weight is 348 g/mol. The summed E-state index contributed by atoms with van der Waals surface area (Å²) >= 11 is 3.57. The zero-order chi connectivity index (χ0) is 15.1. The summed E-state index contributed by atoms with van der Waals surface area (Å²) in [5.74, 6) is 0.872. The molecule has 0 saturated carbocycles. The SMILES string of the molecule is CCNC(CCc1ccccc1)c1ccc(OC)c(Br)c1. The van der Waals surface area contributed by atoms with Gasteiger partial charge in [0, 0.05) is 6.04 Å². The number of nitrogens with one attached hydrogen (secondary N) is 1. The molecule has 0 amide bonds. The Bertz CT molecular complexity index is 556. The number of methoxy groups -OCH3 is 1. The summed E-state index contributed by atoms with van der Waals surface area (Å²) in [6.45, 7) is 3.11. The molecule has 2 aromatic rings. The topological polar surface area (TPSA) is 21.3 Å². The predicted octanol–water partition coefficient (Wildman–Crippen LogP) is 4.74. The molecule has 1 atom stereocenters. The number of hydrogen-bond acceptors (Lipinski definition) is 2. The fourth-order valence-electron chi connectivity index (χ4n) is 2.49. The first-order chi connectivity index (χ1) is 10.2. The largest absolute Gasteiger partial charge is 0.496 e. The summed E-state index contributed by atoms with van der Waals surface area (Å²) in [6.07, 6.45) is 2.15. The van der Waals surface area contributed by atoms with E-state index in [0.717, 1.165) is 29.6 Å². The molecular weight excluding hydrogens is 326 g/mol. The van der Waals surface area contributed by atoms with Crippen LogP contribution >= 0.6 is 15.9 Å². The van der Waals surface area contributed by atoms with E-state index in [4.69, 9.17) is 4.74 Å². The van der Waals surface area contributed by atoms with E-state index >= 15 is 0 Å². The maximum atomic E-state index is 5.30. The van der Waals surface area contributed by atoms with Crippen LogP contribution in [-0.4, -0.2) is 13.7 Å². The summed E-state index contributed by atoms with van der Waals surface area (Å²) < 4.78 is 6.31. The highest BCUT2D eigenvalue weighted by atomic mass is 79.9. The van der Waals surface area contributed by atoms with Gasteiger partial charge in [0.25, 0.3) is 0 Å². The van der Waals surface area contributed by atoms with Gasteiger partial charge in [-0.15, -0.1) is 0 Å². The number of hydrogen-bond donors (Lipinski definition) is 1. The van der Waals surface area contributed by atoms with E-state index < -0.39 is 0 Å². The molecule has 0 aromatic heterocycles. The van der Waals surface area contributed by atoms with Gasteiger partial charge in [0.2, 0.25) is 0 Å². The van der Waals surface area contributed by atoms with Gasteiger partial charge < -0.3 is 10.1 Å². The fourth-order valence-corrected chi connectivity index (χ4v) is 3.05. The summed E-state index contributed by atoms with van der Waals surface area (Å²) in [6, 6.07) is 17.3. The third-order valence-corrected chi connectivity index (χ3v) is 4.21. The Kier molecular flexibility index (Phi) is 6.27. The lowest BCUT2D eigenvalue weighted by molar-refractivity contribution is 0.411. The van der Waals surface area contributed by atoms with E-state index in [2.05, 4.69) is 70.6 Å². The average Bonchev–Trinajstić information content (AvgIpc) is 2.52. The highest BCUT2D eigenvalue weighted by Gasteiger charge is 2.12. The summed E-state index contributed by atoms with van der Waals surface area (Å²) in [5.41, 5.74) is 2.67. The van der Waals surface area contributed by atoms with Crippen molar-refractivity contribution in [3.63, 3.8) is 0 Å². The molecule has 0 fully saturated rings. The fraction of sp³-hybridized carbons (Fsp3) is 0.333. The van der Waals surface area contributed by atoms with Crippen molar-refractivity contribution in [3.8, 4) is 5.75 Å². The molecule has 0 aliphatic heterocycles. The first-order valence-electron chi connectivity index (χ1n) is 7.35. The lowest BCUT2D eigenvalue weighted by Crippen LogP contribution is -2.21. The molecule has 1 N–H and O–H groups in total. The van der Waals surface area contributed by atoms with Crippen LogP contribution in [0.4, 0.5) is 0 Å². The second kappa shape index (κ2) is 8.20. The molecule has 0 aliphatic carbocycles. The molecule has 3 heteroatoms. The summed E-state index contributed by atoms with van der Waals surface area (Å²) in [5, 5.41) is 3.57. The first kappa shape index (κ1) is 16.1. The molecule has 1 unspecified atom stereocenters. The zero-order valence-corrected chi connectivity index (χ0v) is 14.2. The molecule has 0 radical (unpaired) electrons. The van der Waals surface area contributed by atoms with Crippen LogP contribution in [0, 0.1) is 0 Å². The third kappa shape index (κ3) is 4.58. The standard InChI is InChI=1S/C18H22BrNO/c1-3-20-17(11-9-14-7-5-4-6-8-14)15-10-12-18(21-2)16(19)13-15/h4-8,10,12-13,17,20H,3,9,11H2,1-2H3. The van der Waals surface area contributed by atoms with Gasteiger partial charge >= 0.3 is 0 Å². The van der Waals surface area contributed by atoms with Crippen molar-refractivity contribution in [1.29, 1.82) is 0 Å². The lowest BCUT2D eigenvalue weighted by atomic mass is 9.99.